The first-order chi connectivity index (χ1) is 19.8. The second-order valence-electron chi connectivity index (χ2n) is 10.4. The van der Waals surface area contributed by atoms with Gasteiger partial charge in [0.2, 0.25) is 0 Å². The quantitative estimate of drug-likeness (QED) is 0.196. The molecule has 1 aliphatic carbocycles. The summed E-state index contributed by atoms with van der Waals surface area (Å²) in [6.07, 6.45) is 7.87. The number of halogens is 3. The van der Waals surface area contributed by atoms with Crippen LogP contribution < -0.4 is 15.8 Å². The largest absolute Gasteiger partial charge is 0.473 e. The summed E-state index contributed by atoms with van der Waals surface area (Å²) in [5.41, 5.74) is 9.34. The van der Waals surface area contributed by atoms with Crippen molar-refractivity contribution in [3.63, 3.8) is 0 Å². The third-order valence-corrected chi connectivity index (χ3v) is 8.02. The Morgan fingerprint density at radius 2 is 1.85 bits per heavy atom. The maximum absolute atomic E-state index is 16.0. The fourth-order valence-electron chi connectivity index (χ4n) is 5.35. The summed E-state index contributed by atoms with van der Waals surface area (Å²) in [4.78, 5) is 4.08. The van der Waals surface area contributed by atoms with Gasteiger partial charge in [-0.15, -0.1) is 0 Å². The molecule has 1 atom stereocenters. The number of rotatable bonds is 12. The number of aliphatic hydroxyl groups excluding tert-OH is 1. The van der Waals surface area contributed by atoms with Crippen molar-refractivity contribution in [3.05, 3.63) is 88.1 Å². The van der Waals surface area contributed by atoms with E-state index in [1.165, 1.54) is 25.1 Å². The molecule has 41 heavy (non-hydrogen) atoms. The lowest BCUT2D eigenvalue weighted by atomic mass is 9.73. The van der Waals surface area contributed by atoms with E-state index in [1.54, 1.807) is 7.05 Å². The Morgan fingerprint density at radius 3 is 2.46 bits per heavy atom. The molecule has 0 bridgehead atoms. The molecule has 0 aliphatic heterocycles. The highest BCUT2D eigenvalue weighted by molar-refractivity contribution is 6.34. The third kappa shape index (κ3) is 7.26. The summed E-state index contributed by atoms with van der Waals surface area (Å²) in [6, 6.07) is 11.6. The van der Waals surface area contributed by atoms with E-state index in [2.05, 4.69) is 42.9 Å². The SMILES string of the molecule is C=C(NC)c1cnc(OCCO)c(F)c1-c1c(Cl)c(F)cc2c1CC(CCCCN)(c1ccccc1)C2.CCCC. The summed E-state index contributed by atoms with van der Waals surface area (Å²) < 4.78 is 36.7. The van der Waals surface area contributed by atoms with Gasteiger partial charge in [0.25, 0.3) is 5.88 Å². The van der Waals surface area contributed by atoms with Crippen LogP contribution in [0.4, 0.5) is 8.78 Å². The second kappa shape index (κ2) is 15.3. The minimum Gasteiger partial charge on any atom is -0.473 e. The van der Waals surface area contributed by atoms with Crippen molar-refractivity contribution in [1.29, 1.82) is 0 Å². The predicted octanol–water partition coefficient (Wildman–Crippen LogP) is 7.21. The van der Waals surface area contributed by atoms with Crippen molar-refractivity contribution in [3.8, 4) is 17.0 Å². The molecule has 1 unspecified atom stereocenters. The molecule has 1 aliphatic rings. The van der Waals surface area contributed by atoms with E-state index < -0.39 is 11.6 Å². The molecule has 2 aromatic carbocycles. The molecule has 8 heteroatoms. The summed E-state index contributed by atoms with van der Waals surface area (Å²) in [6.45, 7) is 8.50. The van der Waals surface area contributed by atoms with Gasteiger partial charge in [0, 0.05) is 41.0 Å². The number of hydrogen-bond acceptors (Lipinski definition) is 5. The number of hydrogen-bond donors (Lipinski definition) is 3. The molecule has 5 nitrogen and oxygen atoms in total. The zero-order valence-corrected chi connectivity index (χ0v) is 25.1. The standard InChI is InChI=1S/C29H32ClF2N3O2.C4H10/c1-18(34-2)22-17-35-28(37-13-12-36)27(32)25(22)24-21-16-29(10-6-7-11-33,20-8-4-3-5-9-20)15-19(21)14-23(31)26(24)30;1-3-4-2/h3-5,8-9,14,17,34,36H,1,6-7,10-13,15-16,33H2,2H3;3-4H2,1-2H3. The maximum atomic E-state index is 16.0. The van der Waals surface area contributed by atoms with Crippen LogP contribution in [0.1, 0.15) is 68.2 Å². The number of nitrogens with two attached hydrogens (primary N) is 1. The van der Waals surface area contributed by atoms with E-state index >= 15 is 8.78 Å². The molecule has 0 fully saturated rings. The van der Waals surface area contributed by atoms with Crippen molar-refractivity contribution < 1.29 is 18.6 Å². The Labute approximate surface area is 247 Å². The minimum atomic E-state index is -0.780. The van der Waals surface area contributed by atoms with Crippen molar-refractivity contribution in [1.82, 2.24) is 10.3 Å². The highest BCUT2D eigenvalue weighted by atomic mass is 35.5. The van der Waals surface area contributed by atoms with E-state index in [-0.39, 0.29) is 40.7 Å². The van der Waals surface area contributed by atoms with E-state index in [0.717, 1.165) is 36.0 Å². The maximum Gasteiger partial charge on any atom is 0.251 e. The Hall–Kier alpha value is -3.00. The topological polar surface area (TPSA) is 80.4 Å². The highest BCUT2D eigenvalue weighted by Crippen LogP contribution is 2.50. The molecule has 0 saturated carbocycles. The third-order valence-electron chi connectivity index (χ3n) is 7.65. The molecule has 4 rings (SSSR count). The van der Waals surface area contributed by atoms with Gasteiger partial charge in [0.1, 0.15) is 12.4 Å². The zero-order valence-electron chi connectivity index (χ0n) is 24.3. The average molecular weight is 586 g/mol. The van der Waals surface area contributed by atoms with Gasteiger partial charge in [0.15, 0.2) is 5.82 Å². The van der Waals surface area contributed by atoms with E-state index in [4.69, 9.17) is 27.2 Å². The van der Waals surface area contributed by atoms with Crippen LogP contribution in [0.3, 0.4) is 0 Å². The van der Waals surface area contributed by atoms with Crippen molar-refractivity contribution >= 4 is 17.3 Å². The number of unbranched alkanes of at least 4 members (excludes halogenated alkanes) is 2. The lowest BCUT2D eigenvalue weighted by molar-refractivity contribution is 0.191. The number of aromatic nitrogens is 1. The van der Waals surface area contributed by atoms with Crippen molar-refractivity contribution in [2.45, 2.75) is 64.2 Å². The molecule has 1 heterocycles. The average Bonchev–Trinajstić information content (AvgIpc) is 3.36. The summed E-state index contributed by atoms with van der Waals surface area (Å²) >= 11 is 6.62. The van der Waals surface area contributed by atoms with Crippen LogP contribution in [-0.2, 0) is 18.3 Å². The van der Waals surface area contributed by atoms with Gasteiger partial charge in [-0.05, 0) is 55.0 Å². The Kier molecular flexibility index (Phi) is 12.1. The van der Waals surface area contributed by atoms with Crippen LogP contribution in [0.5, 0.6) is 5.88 Å². The molecule has 0 spiro atoms. The molecule has 222 valence electrons. The Morgan fingerprint density at radius 1 is 1.15 bits per heavy atom. The van der Waals surface area contributed by atoms with E-state index in [9.17, 15) is 0 Å². The normalized spacial score (nSPS) is 15.6. The van der Waals surface area contributed by atoms with Gasteiger partial charge in [-0.1, -0.05) is 81.6 Å². The zero-order chi connectivity index (χ0) is 30.0. The van der Waals surface area contributed by atoms with Crippen molar-refractivity contribution in [2.75, 3.05) is 26.8 Å². The molecular formula is C33H42ClF2N3O2. The first-order valence-corrected chi connectivity index (χ1v) is 14.7. The molecule has 0 saturated heterocycles. The lowest BCUT2D eigenvalue weighted by Crippen LogP contribution is -2.27. The number of nitrogens with one attached hydrogen (secondary N) is 1. The van der Waals surface area contributed by atoms with Crippen LogP contribution in [0, 0.1) is 11.6 Å². The predicted molar refractivity (Wildman–Crippen MR) is 164 cm³/mol. The first kappa shape index (κ1) is 32.5. The molecule has 1 aromatic heterocycles. The van der Waals surface area contributed by atoms with Crippen LogP contribution in [0.2, 0.25) is 5.02 Å². The number of ether oxygens (including phenoxy) is 1. The lowest BCUT2D eigenvalue weighted by Gasteiger charge is -2.30. The van der Waals surface area contributed by atoms with Crippen molar-refractivity contribution in [2.24, 2.45) is 5.73 Å². The van der Waals surface area contributed by atoms with E-state index in [0.29, 0.717) is 30.6 Å². The fourth-order valence-corrected chi connectivity index (χ4v) is 5.61. The summed E-state index contributed by atoms with van der Waals surface area (Å²) in [5, 5.41) is 11.9. The molecular weight excluding hydrogens is 544 g/mol. The van der Waals surface area contributed by atoms with Gasteiger partial charge in [-0.25, -0.2) is 13.8 Å². The van der Waals surface area contributed by atoms with Gasteiger partial charge < -0.3 is 20.9 Å². The fraction of sp³-hybridized carbons (Fsp3) is 0.424. The smallest absolute Gasteiger partial charge is 0.251 e. The van der Waals surface area contributed by atoms with Crippen LogP contribution in [0.25, 0.3) is 16.8 Å². The first-order valence-electron chi connectivity index (χ1n) is 14.3. The number of benzene rings is 2. The second-order valence-corrected chi connectivity index (χ2v) is 10.8. The summed E-state index contributed by atoms with van der Waals surface area (Å²) in [5.74, 6) is -1.69. The number of fused-ring (bicyclic) bond motifs is 1. The minimum absolute atomic E-state index is 0.0776. The molecule has 4 N–H and O–H groups in total. The number of aliphatic hydroxyl groups is 1. The van der Waals surface area contributed by atoms with E-state index in [1.807, 2.05) is 18.2 Å². The Bertz CT molecular complexity index is 1320. The molecule has 0 radical (unpaired) electrons. The number of pyridine rings is 1. The number of nitrogens with zero attached hydrogens (tertiary/aromatic N) is 1. The Balaban J connectivity index is 0.00000108. The van der Waals surface area contributed by atoms with Crippen LogP contribution in [0.15, 0.2) is 49.2 Å². The monoisotopic (exact) mass is 585 g/mol. The molecule has 0 amide bonds. The van der Waals surface area contributed by atoms with Gasteiger partial charge in [-0.2, -0.15) is 0 Å². The summed E-state index contributed by atoms with van der Waals surface area (Å²) in [7, 11) is 1.66. The van der Waals surface area contributed by atoms with Gasteiger partial charge in [0.05, 0.1) is 11.6 Å². The van der Waals surface area contributed by atoms with Gasteiger partial charge in [-0.3, -0.25) is 0 Å². The van der Waals surface area contributed by atoms with Crippen LogP contribution >= 0.6 is 11.6 Å². The van der Waals surface area contributed by atoms with Gasteiger partial charge >= 0.3 is 0 Å². The highest BCUT2D eigenvalue weighted by Gasteiger charge is 2.41. The molecule has 3 aromatic rings. The van der Waals surface area contributed by atoms with Crippen LogP contribution in [-0.4, -0.2) is 36.9 Å².